The molecule has 1 unspecified atom stereocenters. The number of unbranched alkanes of at least 4 members (excludes halogenated alkanes) is 2. The number of carbonyl (C=O) groups is 1. The van der Waals surface area contributed by atoms with Crippen molar-refractivity contribution < 1.29 is 18.0 Å². The van der Waals surface area contributed by atoms with Crippen molar-refractivity contribution in [2.45, 2.75) is 64.7 Å². The van der Waals surface area contributed by atoms with Crippen LogP contribution < -0.4 is 0 Å². The Balaban J connectivity index is 1.81. The van der Waals surface area contributed by atoms with Crippen LogP contribution in [0.1, 0.15) is 67.8 Å². The van der Waals surface area contributed by atoms with Crippen LogP contribution in [0.4, 0.5) is 13.2 Å². The molecular formula is C28H33F3N2O. The highest BCUT2D eigenvalue weighted by Gasteiger charge is 2.30. The number of benzene rings is 2. The van der Waals surface area contributed by atoms with Crippen LogP contribution in [0.25, 0.3) is 0 Å². The fourth-order valence-corrected chi connectivity index (χ4v) is 4.26. The van der Waals surface area contributed by atoms with Gasteiger partial charge in [-0.25, -0.2) is 0 Å². The molecule has 1 amide bonds. The third-order valence-corrected chi connectivity index (χ3v) is 6.14. The molecular weight excluding hydrogens is 437 g/mol. The molecule has 3 rings (SSSR count). The summed E-state index contributed by atoms with van der Waals surface area (Å²) in [6.07, 6.45) is 1.21. The Kier molecular flexibility index (Phi) is 8.97. The van der Waals surface area contributed by atoms with Crippen molar-refractivity contribution in [2.75, 3.05) is 6.54 Å². The quantitative estimate of drug-likeness (QED) is 0.271. The number of nitrogens with zero attached hydrogens (tertiary/aromatic N) is 2. The predicted molar refractivity (Wildman–Crippen MR) is 129 cm³/mol. The summed E-state index contributed by atoms with van der Waals surface area (Å²) in [5.41, 5.74) is 1.84. The monoisotopic (exact) mass is 470 g/mol. The fourth-order valence-electron chi connectivity index (χ4n) is 4.26. The molecule has 0 spiro atoms. The molecule has 6 heteroatoms. The van der Waals surface area contributed by atoms with Gasteiger partial charge in [0.1, 0.15) is 0 Å². The Morgan fingerprint density at radius 2 is 1.74 bits per heavy atom. The maximum absolute atomic E-state index is 13.6. The maximum atomic E-state index is 13.6. The summed E-state index contributed by atoms with van der Waals surface area (Å²) in [6.45, 7) is 5.56. The smallest absolute Gasteiger partial charge is 0.345 e. The Morgan fingerprint density at radius 1 is 0.971 bits per heavy atom. The number of aromatic nitrogens is 1. The number of rotatable bonds is 11. The lowest BCUT2D eigenvalue weighted by Gasteiger charge is -2.28. The van der Waals surface area contributed by atoms with Crippen LogP contribution in [0.15, 0.2) is 72.9 Å². The SMILES string of the molecule is CCCCCN(Cc1cccn1Cc1cccc(C(F)(F)F)c1)C(=O)C(CC)c1ccccc1. The summed E-state index contributed by atoms with van der Waals surface area (Å²) in [4.78, 5) is 15.5. The minimum atomic E-state index is -4.37. The van der Waals surface area contributed by atoms with E-state index in [-0.39, 0.29) is 11.8 Å². The molecule has 182 valence electrons. The molecule has 0 saturated carbocycles. The maximum Gasteiger partial charge on any atom is 0.416 e. The zero-order valence-corrected chi connectivity index (χ0v) is 19.9. The second-order valence-electron chi connectivity index (χ2n) is 8.66. The first-order chi connectivity index (χ1) is 16.3. The summed E-state index contributed by atoms with van der Waals surface area (Å²) in [5, 5.41) is 0. The van der Waals surface area contributed by atoms with Gasteiger partial charge in [-0.3, -0.25) is 4.79 Å². The molecule has 1 atom stereocenters. The van der Waals surface area contributed by atoms with Gasteiger partial charge >= 0.3 is 6.18 Å². The number of halogens is 3. The number of alkyl halides is 3. The van der Waals surface area contributed by atoms with Crippen molar-refractivity contribution >= 4 is 5.91 Å². The van der Waals surface area contributed by atoms with E-state index in [2.05, 4.69) is 6.92 Å². The van der Waals surface area contributed by atoms with Gasteiger partial charge in [-0.2, -0.15) is 13.2 Å². The first-order valence-electron chi connectivity index (χ1n) is 12.0. The van der Waals surface area contributed by atoms with Gasteiger partial charge in [0.15, 0.2) is 0 Å². The molecule has 3 aromatic rings. The molecule has 0 aliphatic carbocycles. The molecule has 0 bridgehead atoms. The first kappa shape index (κ1) is 25.6. The van der Waals surface area contributed by atoms with Gasteiger partial charge in [-0.15, -0.1) is 0 Å². The Hall–Kier alpha value is -3.02. The molecule has 0 fully saturated rings. The summed E-state index contributed by atoms with van der Waals surface area (Å²) in [7, 11) is 0. The Bertz CT molecular complexity index is 1040. The van der Waals surface area contributed by atoms with Gasteiger partial charge in [0.05, 0.1) is 18.0 Å². The highest BCUT2D eigenvalue weighted by atomic mass is 19.4. The lowest BCUT2D eigenvalue weighted by molar-refractivity contribution is -0.137. The lowest BCUT2D eigenvalue weighted by atomic mass is 9.94. The number of hydrogen-bond donors (Lipinski definition) is 0. The summed E-state index contributed by atoms with van der Waals surface area (Å²) >= 11 is 0. The molecule has 0 N–H and O–H groups in total. The molecule has 0 saturated heterocycles. The van der Waals surface area contributed by atoms with E-state index in [1.54, 1.807) is 6.07 Å². The minimum Gasteiger partial charge on any atom is -0.345 e. The average molecular weight is 471 g/mol. The molecule has 34 heavy (non-hydrogen) atoms. The standard InChI is InChI=1S/C28H33F3N2O/c1-3-5-9-17-33(27(34)26(4-2)23-13-7-6-8-14-23)21-25-16-11-18-32(25)20-22-12-10-15-24(19-22)28(29,30)31/h6-8,10-16,18-19,26H,3-5,9,17,20-21H2,1-2H3. The summed E-state index contributed by atoms with van der Waals surface area (Å²) in [5.74, 6) is -0.119. The van der Waals surface area contributed by atoms with Gasteiger partial charge < -0.3 is 9.47 Å². The largest absolute Gasteiger partial charge is 0.416 e. The van der Waals surface area contributed by atoms with Crippen molar-refractivity contribution in [3.63, 3.8) is 0 Å². The highest BCUT2D eigenvalue weighted by molar-refractivity contribution is 5.83. The second kappa shape index (κ2) is 11.9. The Morgan fingerprint density at radius 3 is 2.41 bits per heavy atom. The molecule has 0 aliphatic rings. The predicted octanol–water partition coefficient (Wildman–Crippen LogP) is 7.27. The normalized spacial score (nSPS) is 12.5. The van der Waals surface area contributed by atoms with Gasteiger partial charge in [0.2, 0.25) is 5.91 Å². The molecule has 0 aliphatic heterocycles. The van der Waals surface area contributed by atoms with Crippen LogP contribution in [-0.2, 0) is 24.1 Å². The van der Waals surface area contributed by atoms with Crippen molar-refractivity contribution in [2.24, 2.45) is 0 Å². The fraction of sp³-hybridized carbons (Fsp3) is 0.393. The van der Waals surface area contributed by atoms with Gasteiger partial charge in [0, 0.05) is 25.0 Å². The van der Waals surface area contributed by atoms with E-state index in [9.17, 15) is 18.0 Å². The van der Waals surface area contributed by atoms with Crippen molar-refractivity contribution in [3.8, 4) is 0 Å². The van der Waals surface area contributed by atoms with E-state index < -0.39 is 11.7 Å². The minimum absolute atomic E-state index is 0.0941. The molecule has 1 heterocycles. The lowest BCUT2D eigenvalue weighted by Crippen LogP contribution is -2.36. The molecule has 1 aromatic heterocycles. The van der Waals surface area contributed by atoms with Gasteiger partial charge in [0.25, 0.3) is 0 Å². The zero-order valence-electron chi connectivity index (χ0n) is 19.9. The van der Waals surface area contributed by atoms with E-state index in [4.69, 9.17) is 0 Å². The number of amides is 1. The van der Waals surface area contributed by atoms with Crippen LogP contribution in [0.2, 0.25) is 0 Å². The summed E-state index contributed by atoms with van der Waals surface area (Å²) in [6, 6.07) is 19.1. The third kappa shape index (κ3) is 6.75. The van der Waals surface area contributed by atoms with Crippen LogP contribution >= 0.6 is 0 Å². The zero-order chi connectivity index (χ0) is 24.6. The van der Waals surface area contributed by atoms with E-state index >= 15 is 0 Å². The van der Waals surface area contributed by atoms with E-state index in [1.807, 2.05) is 65.1 Å². The van der Waals surface area contributed by atoms with E-state index in [1.165, 1.54) is 12.1 Å². The van der Waals surface area contributed by atoms with Crippen LogP contribution in [0.3, 0.4) is 0 Å². The van der Waals surface area contributed by atoms with Crippen molar-refractivity contribution in [3.05, 3.63) is 95.3 Å². The first-order valence-corrected chi connectivity index (χ1v) is 12.0. The van der Waals surface area contributed by atoms with E-state index in [0.717, 1.165) is 36.6 Å². The molecule has 3 nitrogen and oxygen atoms in total. The topological polar surface area (TPSA) is 25.2 Å². The van der Waals surface area contributed by atoms with Gasteiger partial charge in [-0.1, -0.05) is 69.2 Å². The summed E-state index contributed by atoms with van der Waals surface area (Å²) < 4.78 is 41.3. The van der Waals surface area contributed by atoms with Crippen molar-refractivity contribution in [1.82, 2.24) is 9.47 Å². The highest BCUT2D eigenvalue weighted by Crippen LogP contribution is 2.30. The van der Waals surface area contributed by atoms with Crippen LogP contribution in [-0.4, -0.2) is 21.9 Å². The number of hydrogen-bond acceptors (Lipinski definition) is 1. The molecule has 2 aromatic carbocycles. The van der Waals surface area contributed by atoms with Crippen molar-refractivity contribution in [1.29, 1.82) is 0 Å². The van der Waals surface area contributed by atoms with Crippen LogP contribution in [0.5, 0.6) is 0 Å². The van der Waals surface area contributed by atoms with Gasteiger partial charge in [-0.05, 0) is 48.2 Å². The molecule has 0 radical (unpaired) electrons. The second-order valence-corrected chi connectivity index (χ2v) is 8.66. The number of carbonyl (C=O) groups excluding carboxylic acids is 1. The third-order valence-electron chi connectivity index (χ3n) is 6.14. The average Bonchev–Trinajstić information content (AvgIpc) is 3.25. The Labute approximate surface area is 200 Å². The van der Waals surface area contributed by atoms with Crippen LogP contribution in [0, 0.1) is 0 Å². The van der Waals surface area contributed by atoms with E-state index in [0.29, 0.717) is 31.6 Å².